The minimum atomic E-state index is 1.24. The Hall–Kier alpha value is -2.93. The number of hydrogen-bond donors (Lipinski definition) is 0. The third kappa shape index (κ3) is 3.07. The maximum atomic E-state index is 2.27. The van der Waals surface area contributed by atoms with E-state index in [-0.39, 0.29) is 0 Å². The molecule has 0 spiro atoms. The van der Waals surface area contributed by atoms with Crippen molar-refractivity contribution < 1.29 is 0 Å². The predicted molar refractivity (Wildman–Crippen MR) is 104 cm³/mol. The molecule has 0 aliphatic carbocycles. The molecule has 4 aromatic rings. The minimum absolute atomic E-state index is 1.24. The van der Waals surface area contributed by atoms with Crippen LogP contribution < -0.4 is 0 Å². The SMILES string of the molecule is b1c(-c2ccccc2)cc(-c2ccccc2)cc1-c1ccccc1. The van der Waals surface area contributed by atoms with Crippen molar-refractivity contribution in [3.8, 4) is 33.2 Å². The van der Waals surface area contributed by atoms with E-state index in [0.717, 1.165) is 0 Å². The Labute approximate surface area is 143 Å². The van der Waals surface area contributed by atoms with E-state index < -0.39 is 0 Å². The summed E-state index contributed by atoms with van der Waals surface area (Å²) in [6, 6.07) is 36.3. The average molecular weight is 304 g/mol. The molecule has 0 amide bonds. The Kier molecular flexibility index (Phi) is 4.08. The summed E-state index contributed by atoms with van der Waals surface area (Å²) in [7, 11) is 0. The summed E-state index contributed by atoms with van der Waals surface area (Å²) in [5.41, 5.74) is 7.47. The molecule has 3 aromatic carbocycles. The van der Waals surface area contributed by atoms with Crippen LogP contribution in [0.1, 0.15) is 0 Å². The van der Waals surface area contributed by atoms with Crippen molar-refractivity contribution in [2.45, 2.75) is 0 Å². The third-order valence-corrected chi connectivity index (χ3v) is 4.25. The molecule has 0 N–H and O–H groups in total. The zero-order valence-corrected chi connectivity index (χ0v) is 13.4. The predicted octanol–water partition coefficient (Wildman–Crippen LogP) is 6.03. The van der Waals surface area contributed by atoms with Crippen LogP contribution >= 0.6 is 0 Å². The van der Waals surface area contributed by atoms with Gasteiger partial charge in [-0.1, -0.05) is 0 Å². The van der Waals surface area contributed by atoms with E-state index in [1.54, 1.807) is 0 Å². The molecule has 112 valence electrons. The molecule has 0 saturated heterocycles. The average Bonchev–Trinajstić information content (AvgIpc) is 2.70. The van der Waals surface area contributed by atoms with Gasteiger partial charge >= 0.3 is 143 Å². The van der Waals surface area contributed by atoms with Gasteiger partial charge in [0, 0.05) is 0 Å². The molecule has 0 bridgehead atoms. The molecular weight excluding hydrogens is 287 g/mol. The summed E-state index contributed by atoms with van der Waals surface area (Å²) in [4.78, 5) is 0. The Morgan fingerprint density at radius 3 is 1.17 bits per heavy atom. The van der Waals surface area contributed by atoms with Gasteiger partial charge in [0.15, 0.2) is 0 Å². The molecule has 0 atom stereocenters. The van der Waals surface area contributed by atoms with E-state index in [4.69, 9.17) is 0 Å². The topological polar surface area (TPSA) is 0 Å². The van der Waals surface area contributed by atoms with Crippen LogP contribution in [0.25, 0.3) is 33.2 Å². The standard InChI is InChI=1S/C23H17B/c1-4-10-18(11-5-1)21-16-22(19-12-6-2-7-13-19)24-23(17-21)20-14-8-3-9-15-20/h1-17H. The summed E-state index contributed by atoms with van der Waals surface area (Å²) in [6.07, 6.45) is 0. The van der Waals surface area contributed by atoms with Gasteiger partial charge in [0.1, 0.15) is 0 Å². The molecule has 0 aliphatic rings. The van der Waals surface area contributed by atoms with E-state index >= 15 is 0 Å². The van der Waals surface area contributed by atoms with Gasteiger partial charge in [-0.2, -0.15) is 0 Å². The van der Waals surface area contributed by atoms with E-state index in [1.807, 2.05) is 0 Å². The Morgan fingerprint density at radius 2 is 0.750 bits per heavy atom. The van der Waals surface area contributed by atoms with Gasteiger partial charge in [-0.05, 0) is 0 Å². The van der Waals surface area contributed by atoms with Crippen molar-refractivity contribution in [2.75, 3.05) is 0 Å². The van der Waals surface area contributed by atoms with Crippen molar-refractivity contribution >= 4 is 6.91 Å². The van der Waals surface area contributed by atoms with Crippen molar-refractivity contribution in [1.29, 1.82) is 0 Å². The van der Waals surface area contributed by atoms with Crippen molar-refractivity contribution in [1.82, 2.24) is 0 Å². The van der Waals surface area contributed by atoms with Crippen LogP contribution in [0.2, 0.25) is 0 Å². The van der Waals surface area contributed by atoms with Gasteiger partial charge in [-0.25, -0.2) is 0 Å². The van der Waals surface area contributed by atoms with Crippen molar-refractivity contribution in [3.63, 3.8) is 0 Å². The number of hydrogen-bond acceptors (Lipinski definition) is 0. The first-order valence-corrected chi connectivity index (χ1v) is 8.21. The summed E-state index contributed by atoms with van der Waals surface area (Å²) in [5.74, 6) is 0. The van der Waals surface area contributed by atoms with Gasteiger partial charge in [0.2, 0.25) is 0 Å². The second-order valence-electron chi connectivity index (χ2n) is 5.90. The monoisotopic (exact) mass is 304 g/mol. The molecule has 0 radical (unpaired) electrons. The first-order chi connectivity index (χ1) is 11.9. The second kappa shape index (κ2) is 6.68. The molecule has 0 nitrogen and oxygen atoms in total. The molecule has 4 rings (SSSR count). The number of benzene rings is 3. The van der Waals surface area contributed by atoms with Crippen LogP contribution in [0.4, 0.5) is 0 Å². The van der Waals surface area contributed by atoms with E-state index in [9.17, 15) is 0 Å². The Bertz CT molecular complexity index is 790. The van der Waals surface area contributed by atoms with Gasteiger partial charge in [-0.3, -0.25) is 0 Å². The van der Waals surface area contributed by atoms with Crippen molar-refractivity contribution in [3.05, 3.63) is 103 Å². The summed E-state index contributed by atoms with van der Waals surface area (Å²) in [5, 5.41) is 0. The van der Waals surface area contributed by atoms with Gasteiger partial charge < -0.3 is 0 Å². The Balaban J connectivity index is 1.92. The fourth-order valence-electron chi connectivity index (χ4n) is 3.02. The fraction of sp³-hybridized carbons (Fsp3) is 0. The molecule has 1 aromatic heterocycles. The fourth-order valence-corrected chi connectivity index (χ4v) is 3.02. The maximum absolute atomic E-state index is 2.27. The normalized spacial score (nSPS) is 10.3. The first-order valence-electron chi connectivity index (χ1n) is 8.21. The van der Waals surface area contributed by atoms with Crippen LogP contribution in [0.5, 0.6) is 0 Å². The van der Waals surface area contributed by atoms with Crippen LogP contribution in [0.3, 0.4) is 0 Å². The van der Waals surface area contributed by atoms with Crippen molar-refractivity contribution in [2.24, 2.45) is 0 Å². The third-order valence-electron chi connectivity index (χ3n) is 4.25. The first kappa shape index (κ1) is 14.7. The van der Waals surface area contributed by atoms with Gasteiger partial charge in [0.05, 0.1) is 0 Å². The van der Waals surface area contributed by atoms with Gasteiger partial charge in [0.25, 0.3) is 0 Å². The van der Waals surface area contributed by atoms with Crippen LogP contribution in [-0.2, 0) is 0 Å². The summed E-state index contributed by atoms with van der Waals surface area (Å²) in [6.45, 7) is 2.27. The van der Waals surface area contributed by atoms with Crippen LogP contribution in [0.15, 0.2) is 103 Å². The number of rotatable bonds is 3. The molecule has 0 saturated carbocycles. The molecule has 1 heterocycles. The zero-order valence-electron chi connectivity index (χ0n) is 13.4. The van der Waals surface area contributed by atoms with E-state index in [2.05, 4.69) is 110 Å². The Morgan fingerprint density at radius 1 is 0.375 bits per heavy atom. The summed E-state index contributed by atoms with van der Waals surface area (Å²) >= 11 is 0. The molecule has 0 aliphatic heterocycles. The second-order valence-corrected chi connectivity index (χ2v) is 5.90. The van der Waals surface area contributed by atoms with E-state index in [0.29, 0.717) is 0 Å². The molecular formula is C23H17B. The van der Waals surface area contributed by atoms with E-state index in [1.165, 1.54) is 33.2 Å². The van der Waals surface area contributed by atoms with Crippen LogP contribution in [-0.4, -0.2) is 6.91 Å². The molecule has 1 heteroatoms. The quantitative estimate of drug-likeness (QED) is 0.434. The molecule has 0 unspecified atom stereocenters. The molecule has 24 heavy (non-hydrogen) atoms. The zero-order chi connectivity index (χ0) is 16.2. The van der Waals surface area contributed by atoms with Crippen LogP contribution in [0, 0.1) is 0 Å². The summed E-state index contributed by atoms with van der Waals surface area (Å²) < 4.78 is 0. The molecule has 0 fully saturated rings. The van der Waals surface area contributed by atoms with Gasteiger partial charge in [-0.15, -0.1) is 0 Å².